The fraction of sp³-hybridized carbons (Fsp3) is 0.350. The molecule has 25 heavy (non-hydrogen) atoms. The second-order valence-corrected chi connectivity index (χ2v) is 9.75. The zero-order chi connectivity index (χ0) is 18.2. The summed E-state index contributed by atoms with van der Waals surface area (Å²) in [5.41, 5.74) is 3.53. The average molecular weight is 466 g/mol. The Labute approximate surface area is 165 Å². The summed E-state index contributed by atoms with van der Waals surface area (Å²) in [5, 5.41) is 3.89. The number of anilines is 1. The molecular formula is C20H25AsBrNO2. The van der Waals surface area contributed by atoms with Crippen molar-refractivity contribution in [2.75, 3.05) is 11.9 Å². The van der Waals surface area contributed by atoms with Crippen LogP contribution in [0.4, 0.5) is 10.5 Å². The third-order valence-corrected chi connectivity index (χ3v) is 7.18. The number of carbonyl (C=O) groups is 1. The molecule has 1 unspecified atom stereocenters. The van der Waals surface area contributed by atoms with E-state index in [4.69, 9.17) is 4.74 Å². The molecule has 0 bridgehead atoms. The molecule has 0 aliphatic rings. The van der Waals surface area contributed by atoms with E-state index >= 15 is 0 Å². The zero-order valence-electron chi connectivity index (χ0n) is 14.9. The third kappa shape index (κ3) is 6.52. The van der Waals surface area contributed by atoms with E-state index in [9.17, 15) is 4.79 Å². The fourth-order valence-electron chi connectivity index (χ4n) is 2.29. The Morgan fingerprint density at radius 1 is 1.20 bits per heavy atom. The van der Waals surface area contributed by atoms with Crippen molar-refractivity contribution in [1.82, 2.24) is 0 Å². The second kappa shape index (κ2) is 10.0. The molecule has 0 saturated heterocycles. The summed E-state index contributed by atoms with van der Waals surface area (Å²) in [7, 11) is 0. The molecule has 0 radical (unpaired) electrons. The molecule has 0 aromatic heterocycles. The van der Waals surface area contributed by atoms with Gasteiger partial charge in [0.05, 0.1) is 0 Å². The number of ether oxygens (including phenoxy) is 1. The van der Waals surface area contributed by atoms with Gasteiger partial charge in [0.15, 0.2) is 0 Å². The quantitative estimate of drug-likeness (QED) is 0.596. The molecule has 0 heterocycles. The van der Waals surface area contributed by atoms with Crippen LogP contribution in [0, 0.1) is 0 Å². The molecule has 1 N–H and O–H groups in total. The molecule has 5 heteroatoms. The molecule has 1 amide bonds. The number of nitrogens with one attached hydrogen (secondary N) is 1. The van der Waals surface area contributed by atoms with Crippen LogP contribution in [-0.4, -0.2) is 28.5 Å². The van der Waals surface area contributed by atoms with Gasteiger partial charge in [0.2, 0.25) is 0 Å². The molecule has 1 atom stereocenters. The number of amides is 1. The summed E-state index contributed by atoms with van der Waals surface area (Å²) in [6, 6.07) is 15.1. The van der Waals surface area contributed by atoms with E-state index in [1.807, 2.05) is 13.0 Å². The van der Waals surface area contributed by atoms with Gasteiger partial charge in [0.1, 0.15) is 0 Å². The van der Waals surface area contributed by atoms with Crippen LogP contribution in [0.5, 0.6) is 0 Å². The molecule has 2 aromatic carbocycles. The zero-order valence-corrected chi connectivity index (χ0v) is 18.6. The number of benzene rings is 2. The van der Waals surface area contributed by atoms with Crippen LogP contribution in [0.25, 0.3) is 0 Å². The average Bonchev–Trinajstić information content (AvgIpc) is 2.60. The first-order chi connectivity index (χ1) is 12.0. The Morgan fingerprint density at radius 2 is 1.92 bits per heavy atom. The van der Waals surface area contributed by atoms with E-state index in [1.165, 1.54) is 15.5 Å². The van der Waals surface area contributed by atoms with Crippen molar-refractivity contribution in [1.29, 1.82) is 0 Å². The molecule has 2 aromatic rings. The maximum absolute atomic E-state index is 11.6. The van der Waals surface area contributed by atoms with E-state index in [0.29, 0.717) is 12.5 Å². The Bertz CT molecular complexity index is 701. The van der Waals surface area contributed by atoms with Crippen molar-refractivity contribution < 1.29 is 9.53 Å². The van der Waals surface area contributed by atoms with Crippen LogP contribution in [0.3, 0.4) is 0 Å². The minimum absolute atomic E-state index is 0.258. The molecular weight excluding hydrogens is 441 g/mol. The first-order valence-corrected chi connectivity index (χ1v) is 11.9. The van der Waals surface area contributed by atoms with E-state index in [1.54, 1.807) is 0 Å². The number of hydrogen-bond donors (Lipinski definition) is 1. The van der Waals surface area contributed by atoms with E-state index < -0.39 is 6.09 Å². The van der Waals surface area contributed by atoms with E-state index in [2.05, 4.69) is 71.5 Å². The summed E-state index contributed by atoms with van der Waals surface area (Å²) in [4.78, 5) is 11.6. The standard InChI is InChI=1S/C20H25AsBrNO2/c1-4-11-25-20(24)23-19-10-9-17(12-18(19)22)21-13-15-5-7-16(8-6-15)14(2)3/h5-10,12,14,21H,4,11,13H2,1-3H3,(H,23,24). The molecule has 2 rings (SSSR count). The van der Waals surface area contributed by atoms with Gasteiger partial charge < -0.3 is 0 Å². The van der Waals surface area contributed by atoms with Gasteiger partial charge in [0, 0.05) is 0 Å². The van der Waals surface area contributed by atoms with Gasteiger partial charge in [-0.1, -0.05) is 0 Å². The second-order valence-electron chi connectivity index (χ2n) is 6.21. The van der Waals surface area contributed by atoms with Crippen molar-refractivity contribution in [2.24, 2.45) is 0 Å². The molecule has 134 valence electrons. The summed E-state index contributed by atoms with van der Waals surface area (Å²) >= 11 is 3.29. The van der Waals surface area contributed by atoms with Gasteiger partial charge >= 0.3 is 166 Å². The molecule has 0 aliphatic carbocycles. The molecule has 0 fully saturated rings. The number of halogens is 1. The molecule has 0 saturated carbocycles. The fourth-order valence-corrected chi connectivity index (χ4v) is 5.50. The van der Waals surface area contributed by atoms with Crippen molar-refractivity contribution >= 4 is 47.8 Å². The van der Waals surface area contributed by atoms with Crippen molar-refractivity contribution in [2.45, 2.75) is 38.3 Å². The molecule has 0 aliphatic heterocycles. The minimum atomic E-state index is -0.406. The first-order valence-electron chi connectivity index (χ1n) is 8.55. The van der Waals surface area contributed by atoms with Gasteiger partial charge in [-0.3, -0.25) is 0 Å². The Morgan fingerprint density at radius 3 is 2.52 bits per heavy atom. The van der Waals surface area contributed by atoms with Crippen LogP contribution in [0.1, 0.15) is 44.2 Å². The van der Waals surface area contributed by atoms with Crippen molar-refractivity contribution in [3.63, 3.8) is 0 Å². The Hall–Kier alpha value is -1.25. The van der Waals surface area contributed by atoms with Crippen molar-refractivity contribution in [3.05, 3.63) is 58.1 Å². The third-order valence-electron chi connectivity index (χ3n) is 3.79. The van der Waals surface area contributed by atoms with E-state index in [0.717, 1.165) is 21.8 Å². The summed E-state index contributed by atoms with van der Waals surface area (Å²) < 4.78 is 7.30. The van der Waals surface area contributed by atoms with Gasteiger partial charge in [-0.05, 0) is 0 Å². The van der Waals surface area contributed by atoms with Crippen LogP contribution in [-0.2, 0) is 9.95 Å². The predicted octanol–water partition coefficient (Wildman–Crippen LogP) is 4.79. The van der Waals surface area contributed by atoms with E-state index in [-0.39, 0.29) is 15.8 Å². The van der Waals surface area contributed by atoms with Crippen molar-refractivity contribution in [3.8, 4) is 0 Å². The van der Waals surface area contributed by atoms with Gasteiger partial charge in [0.25, 0.3) is 0 Å². The summed E-state index contributed by atoms with van der Waals surface area (Å²) in [5.74, 6) is 0.574. The normalized spacial score (nSPS) is 11.2. The van der Waals surface area contributed by atoms with Crippen LogP contribution < -0.4 is 9.67 Å². The van der Waals surface area contributed by atoms with Gasteiger partial charge in [-0.2, -0.15) is 0 Å². The number of carbonyl (C=O) groups excluding carboxylic acids is 1. The van der Waals surface area contributed by atoms with Crippen LogP contribution in [0.2, 0.25) is 0 Å². The van der Waals surface area contributed by atoms with Gasteiger partial charge in [-0.25, -0.2) is 0 Å². The summed E-state index contributed by atoms with van der Waals surface area (Å²) in [6.07, 6.45) is 0.410. The van der Waals surface area contributed by atoms with Gasteiger partial charge in [-0.15, -0.1) is 0 Å². The molecule has 0 spiro atoms. The van der Waals surface area contributed by atoms with Crippen LogP contribution >= 0.6 is 15.9 Å². The first kappa shape index (κ1) is 20.1. The SMILES string of the molecule is CCCOC(=O)Nc1ccc([AsH]Cc2ccc(C(C)C)cc2)cc1Br. The Balaban J connectivity index is 1.92. The number of hydrogen-bond acceptors (Lipinski definition) is 2. The number of rotatable bonds is 7. The molecule has 3 nitrogen and oxygen atoms in total. The monoisotopic (exact) mass is 465 g/mol. The van der Waals surface area contributed by atoms with Crippen LogP contribution in [0.15, 0.2) is 46.9 Å². The summed E-state index contributed by atoms with van der Waals surface area (Å²) in [6.45, 7) is 6.84. The maximum atomic E-state index is 11.6. The Kier molecular flexibility index (Phi) is 8.05. The predicted molar refractivity (Wildman–Crippen MR) is 110 cm³/mol. The topological polar surface area (TPSA) is 38.3 Å².